The number of imide groups is 1. The summed E-state index contributed by atoms with van der Waals surface area (Å²) in [5.41, 5.74) is 0. The van der Waals surface area contributed by atoms with Gasteiger partial charge in [0.1, 0.15) is 6.54 Å². The maximum absolute atomic E-state index is 12.4. The van der Waals surface area contributed by atoms with Gasteiger partial charge in [0.05, 0.1) is 6.54 Å². The number of nitrogens with one attached hydrogen (secondary N) is 1. The minimum Gasteiger partial charge on any atom is -0.335 e. The lowest BCUT2D eigenvalue weighted by Crippen LogP contribution is -2.48. The number of rotatable bonds is 5. The van der Waals surface area contributed by atoms with Gasteiger partial charge >= 0.3 is 6.03 Å². The van der Waals surface area contributed by atoms with E-state index in [0.29, 0.717) is 12.0 Å². The van der Waals surface area contributed by atoms with Crippen molar-refractivity contribution in [3.63, 3.8) is 0 Å². The van der Waals surface area contributed by atoms with Crippen LogP contribution >= 0.6 is 0 Å². The third kappa shape index (κ3) is 2.43. The lowest BCUT2D eigenvalue weighted by Gasteiger charge is -2.30. The predicted molar refractivity (Wildman–Crippen MR) is 67.2 cm³/mol. The number of amides is 4. The second-order valence-electron chi connectivity index (χ2n) is 5.75. The fourth-order valence-electron chi connectivity index (χ4n) is 2.75. The molecule has 3 fully saturated rings. The van der Waals surface area contributed by atoms with E-state index in [9.17, 15) is 14.4 Å². The summed E-state index contributed by atoms with van der Waals surface area (Å²) < 4.78 is 0. The average molecular weight is 265 g/mol. The maximum atomic E-state index is 12.4. The first kappa shape index (κ1) is 12.4. The summed E-state index contributed by atoms with van der Waals surface area (Å²) in [6, 6.07) is 0.109. The summed E-state index contributed by atoms with van der Waals surface area (Å²) in [6.07, 6.45) is 4.45. The van der Waals surface area contributed by atoms with Gasteiger partial charge in [0.2, 0.25) is 5.91 Å². The van der Waals surface area contributed by atoms with E-state index in [1.807, 2.05) is 4.90 Å². The van der Waals surface area contributed by atoms with Crippen LogP contribution in [0.5, 0.6) is 0 Å². The molecule has 6 heteroatoms. The van der Waals surface area contributed by atoms with Gasteiger partial charge in [-0.2, -0.15) is 0 Å². The standard InChI is InChI=1S/C13H19N3O3/c1-8(9-2-3-9)16(10-4-5-10)12(18)7-15-11(17)6-14-13(15)19/h8-10H,2-7H2,1H3,(H,14,19). The summed E-state index contributed by atoms with van der Waals surface area (Å²) in [4.78, 5) is 38.3. The quantitative estimate of drug-likeness (QED) is 0.728. The highest BCUT2D eigenvalue weighted by molar-refractivity contribution is 6.04. The summed E-state index contributed by atoms with van der Waals surface area (Å²) in [5, 5.41) is 2.44. The van der Waals surface area contributed by atoms with Crippen LogP contribution in [0.4, 0.5) is 4.79 Å². The van der Waals surface area contributed by atoms with E-state index in [1.165, 1.54) is 12.8 Å². The third-order valence-electron chi connectivity index (χ3n) is 4.20. The lowest BCUT2D eigenvalue weighted by molar-refractivity contribution is -0.138. The van der Waals surface area contributed by atoms with Crippen LogP contribution in [-0.2, 0) is 9.59 Å². The number of nitrogens with zero attached hydrogens (tertiary/aromatic N) is 2. The number of hydrogen-bond donors (Lipinski definition) is 1. The van der Waals surface area contributed by atoms with Crippen molar-refractivity contribution in [2.45, 2.75) is 44.7 Å². The zero-order valence-electron chi connectivity index (χ0n) is 11.1. The van der Waals surface area contributed by atoms with E-state index in [0.717, 1.165) is 17.7 Å². The highest BCUT2D eigenvalue weighted by Crippen LogP contribution is 2.39. The van der Waals surface area contributed by atoms with Crippen LogP contribution < -0.4 is 5.32 Å². The van der Waals surface area contributed by atoms with Crippen LogP contribution in [0.15, 0.2) is 0 Å². The fourth-order valence-corrected chi connectivity index (χ4v) is 2.75. The fraction of sp³-hybridized carbons (Fsp3) is 0.769. The molecule has 1 N–H and O–H groups in total. The molecule has 2 saturated carbocycles. The molecule has 1 unspecified atom stereocenters. The lowest BCUT2D eigenvalue weighted by atomic mass is 10.1. The summed E-state index contributed by atoms with van der Waals surface area (Å²) in [5.74, 6) is 0.202. The Morgan fingerprint density at radius 2 is 2.05 bits per heavy atom. The molecule has 3 rings (SSSR count). The van der Waals surface area contributed by atoms with Crippen molar-refractivity contribution in [2.75, 3.05) is 13.1 Å². The molecule has 1 aliphatic heterocycles. The summed E-state index contributed by atoms with van der Waals surface area (Å²) in [7, 11) is 0. The van der Waals surface area contributed by atoms with Gasteiger partial charge in [0.15, 0.2) is 0 Å². The SMILES string of the molecule is CC(C1CC1)N(C(=O)CN1C(=O)CNC1=O)C1CC1. The Morgan fingerprint density at radius 3 is 2.53 bits per heavy atom. The Bertz CT molecular complexity index is 413. The molecule has 0 spiro atoms. The van der Waals surface area contributed by atoms with Crippen molar-refractivity contribution in [3.05, 3.63) is 0 Å². The van der Waals surface area contributed by atoms with Gasteiger partial charge in [-0.25, -0.2) is 4.79 Å². The van der Waals surface area contributed by atoms with Crippen LogP contribution in [-0.4, -0.2) is 52.8 Å². The molecule has 0 radical (unpaired) electrons. The molecular formula is C13H19N3O3. The molecule has 4 amide bonds. The van der Waals surface area contributed by atoms with Crippen LogP contribution in [0.25, 0.3) is 0 Å². The van der Waals surface area contributed by atoms with Gasteiger partial charge in [0, 0.05) is 12.1 Å². The second-order valence-corrected chi connectivity index (χ2v) is 5.75. The average Bonchev–Trinajstić information content (AvgIpc) is 3.25. The normalized spacial score (nSPS) is 24.4. The maximum Gasteiger partial charge on any atom is 0.325 e. The molecule has 1 heterocycles. The Hall–Kier alpha value is -1.59. The molecule has 1 atom stereocenters. The molecular weight excluding hydrogens is 246 g/mol. The number of carbonyl (C=O) groups excluding carboxylic acids is 3. The third-order valence-corrected chi connectivity index (χ3v) is 4.20. The minimum absolute atomic E-state index is 0.00766. The van der Waals surface area contributed by atoms with Crippen molar-refractivity contribution in [1.29, 1.82) is 0 Å². The first-order chi connectivity index (χ1) is 9.08. The Morgan fingerprint density at radius 1 is 1.37 bits per heavy atom. The van der Waals surface area contributed by atoms with Crippen molar-refractivity contribution in [3.8, 4) is 0 Å². The van der Waals surface area contributed by atoms with Gasteiger partial charge in [-0.15, -0.1) is 0 Å². The topological polar surface area (TPSA) is 69.7 Å². The number of hydrogen-bond acceptors (Lipinski definition) is 3. The number of urea groups is 1. The van der Waals surface area contributed by atoms with Crippen LogP contribution in [0.3, 0.4) is 0 Å². The van der Waals surface area contributed by atoms with Gasteiger partial charge < -0.3 is 10.2 Å². The van der Waals surface area contributed by atoms with Gasteiger partial charge in [-0.1, -0.05) is 0 Å². The Kier molecular flexibility index (Phi) is 2.95. The van der Waals surface area contributed by atoms with E-state index >= 15 is 0 Å². The highest BCUT2D eigenvalue weighted by Gasteiger charge is 2.43. The van der Waals surface area contributed by atoms with E-state index in [2.05, 4.69) is 12.2 Å². The second kappa shape index (κ2) is 4.51. The monoisotopic (exact) mass is 265 g/mol. The van der Waals surface area contributed by atoms with Gasteiger partial charge in [-0.3, -0.25) is 14.5 Å². The first-order valence-electron chi connectivity index (χ1n) is 6.97. The van der Waals surface area contributed by atoms with Crippen LogP contribution in [0, 0.1) is 5.92 Å². The molecule has 0 aromatic carbocycles. The molecule has 104 valence electrons. The van der Waals surface area contributed by atoms with Crippen molar-refractivity contribution < 1.29 is 14.4 Å². The molecule has 1 saturated heterocycles. The van der Waals surface area contributed by atoms with E-state index in [1.54, 1.807) is 0 Å². The van der Waals surface area contributed by atoms with Crippen molar-refractivity contribution in [2.24, 2.45) is 5.92 Å². The zero-order chi connectivity index (χ0) is 13.6. The van der Waals surface area contributed by atoms with Crippen LogP contribution in [0.1, 0.15) is 32.6 Å². The molecule has 0 aromatic rings. The molecule has 2 aliphatic carbocycles. The van der Waals surface area contributed by atoms with Crippen molar-refractivity contribution >= 4 is 17.8 Å². The molecule has 19 heavy (non-hydrogen) atoms. The van der Waals surface area contributed by atoms with Gasteiger partial charge in [0.25, 0.3) is 5.91 Å². The predicted octanol–water partition coefficient (Wildman–Crippen LogP) is 0.328. The van der Waals surface area contributed by atoms with E-state index in [4.69, 9.17) is 0 Å². The molecule has 6 nitrogen and oxygen atoms in total. The van der Waals surface area contributed by atoms with Gasteiger partial charge in [-0.05, 0) is 38.5 Å². The molecule has 3 aliphatic rings. The van der Waals surface area contributed by atoms with E-state index < -0.39 is 6.03 Å². The minimum atomic E-state index is -0.451. The number of carbonyl (C=O) groups is 3. The summed E-state index contributed by atoms with van der Waals surface area (Å²) >= 11 is 0. The zero-order valence-corrected chi connectivity index (χ0v) is 11.1. The Balaban J connectivity index is 1.66. The molecule has 0 bridgehead atoms. The first-order valence-corrected chi connectivity index (χ1v) is 6.97. The highest BCUT2D eigenvalue weighted by atomic mass is 16.2. The van der Waals surface area contributed by atoms with E-state index in [-0.39, 0.29) is 30.9 Å². The van der Waals surface area contributed by atoms with Crippen molar-refractivity contribution in [1.82, 2.24) is 15.1 Å². The Labute approximate surface area is 112 Å². The van der Waals surface area contributed by atoms with Crippen LogP contribution in [0.2, 0.25) is 0 Å². The smallest absolute Gasteiger partial charge is 0.325 e. The molecule has 0 aromatic heterocycles. The summed E-state index contributed by atoms with van der Waals surface area (Å²) in [6.45, 7) is 1.98. The largest absolute Gasteiger partial charge is 0.335 e.